The average Bonchev–Trinajstić information content (AvgIpc) is 2.67. The number of hydrogen-bond donors (Lipinski definition) is 1. The molecule has 1 N–H and O–H groups in total. The lowest BCUT2D eigenvalue weighted by Gasteiger charge is -1.97. The Morgan fingerprint density at radius 3 is 2.86 bits per heavy atom. The van der Waals surface area contributed by atoms with Crippen molar-refractivity contribution >= 4 is 6.29 Å². The largest absolute Gasteiger partial charge is 0.506 e. The zero-order valence-corrected chi connectivity index (χ0v) is 7.18. The van der Waals surface area contributed by atoms with Crippen molar-refractivity contribution < 1.29 is 14.3 Å². The molecule has 2 rings (SSSR count). The predicted octanol–water partition coefficient (Wildman–Crippen LogP) is 1.86. The van der Waals surface area contributed by atoms with E-state index in [-0.39, 0.29) is 11.5 Å². The second-order valence-corrected chi connectivity index (χ2v) is 2.69. The lowest BCUT2D eigenvalue weighted by atomic mass is 10.2. The highest BCUT2D eigenvalue weighted by atomic mass is 16.3. The highest BCUT2D eigenvalue weighted by Crippen LogP contribution is 2.27. The van der Waals surface area contributed by atoms with Gasteiger partial charge in [0.1, 0.15) is 11.4 Å². The molecule has 0 amide bonds. The van der Waals surface area contributed by atoms with Gasteiger partial charge in [-0.1, -0.05) is 0 Å². The van der Waals surface area contributed by atoms with Crippen LogP contribution in [0.25, 0.3) is 11.5 Å². The van der Waals surface area contributed by atoms with Crippen LogP contribution in [-0.2, 0) is 0 Å². The van der Waals surface area contributed by atoms with Gasteiger partial charge < -0.3 is 9.52 Å². The van der Waals surface area contributed by atoms with E-state index < -0.39 is 0 Å². The van der Waals surface area contributed by atoms with Crippen molar-refractivity contribution in [2.75, 3.05) is 0 Å². The lowest BCUT2D eigenvalue weighted by Crippen LogP contribution is -1.80. The van der Waals surface area contributed by atoms with Crippen molar-refractivity contribution in [3.05, 3.63) is 36.2 Å². The van der Waals surface area contributed by atoms with Crippen molar-refractivity contribution in [1.82, 2.24) is 4.98 Å². The van der Waals surface area contributed by atoms with Gasteiger partial charge in [-0.3, -0.25) is 4.79 Å². The molecule has 0 bridgehead atoms. The minimum Gasteiger partial charge on any atom is -0.506 e. The highest BCUT2D eigenvalue weighted by Gasteiger charge is 2.09. The first-order chi connectivity index (χ1) is 6.81. The average molecular weight is 189 g/mol. The smallest absolute Gasteiger partial charge is 0.185 e. The Bertz CT molecular complexity index is 462. The van der Waals surface area contributed by atoms with Gasteiger partial charge in [-0.15, -0.1) is 0 Å². The predicted molar refractivity (Wildman–Crippen MR) is 49.0 cm³/mol. The Kier molecular flexibility index (Phi) is 2.02. The number of nitrogens with zero attached hydrogens (tertiary/aromatic N) is 1. The maximum absolute atomic E-state index is 10.4. The molecule has 0 aromatic carbocycles. The van der Waals surface area contributed by atoms with Crippen LogP contribution in [0.3, 0.4) is 0 Å². The number of aromatic hydroxyl groups is 1. The lowest BCUT2D eigenvalue weighted by molar-refractivity contribution is 0.110. The first kappa shape index (κ1) is 8.50. The third kappa shape index (κ3) is 1.37. The van der Waals surface area contributed by atoms with E-state index in [0.29, 0.717) is 17.7 Å². The number of hydrogen-bond acceptors (Lipinski definition) is 4. The molecule has 0 fully saturated rings. The van der Waals surface area contributed by atoms with Crippen LogP contribution in [-0.4, -0.2) is 16.4 Å². The quantitative estimate of drug-likeness (QED) is 0.732. The van der Waals surface area contributed by atoms with Gasteiger partial charge >= 0.3 is 0 Å². The second kappa shape index (κ2) is 3.33. The Morgan fingerprint density at radius 1 is 1.36 bits per heavy atom. The fourth-order valence-corrected chi connectivity index (χ4v) is 1.13. The molecule has 0 atom stereocenters. The molecule has 0 radical (unpaired) electrons. The molecule has 0 saturated heterocycles. The maximum atomic E-state index is 10.4. The first-order valence-electron chi connectivity index (χ1n) is 4.00. The molecule has 2 aromatic heterocycles. The van der Waals surface area contributed by atoms with Crippen LogP contribution in [0.15, 0.2) is 34.9 Å². The molecular formula is C10H7NO3. The van der Waals surface area contributed by atoms with Gasteiger partial charge in [0.05, 0.1) is 0 Å². The summed E-state index contributed by atoms with van der Waals surface area (Å²) in [4.78, 5) is 14.3. The van der Waals surface area contributed by atoms with Crippen LogP contribution in [0, 0.1) is 0 Å². The van der Waals surface area contributed by atoms with E-state index in [1.54, 1.807) is 12.1 Å². The van der Waals surface area contributed by atoms with Crippen LogP contribution in [0.5, 0.6) is 5.75 Å². The second-order valence-electron chi connectivity index (χ2n) is 2.69. The van der Waals surface area contributed by atoms with E-state index >= 15 is 0 Å². The number of rotatable bonds is 2. The third-order valence-electron chi connectivity index (χ3n) is 1.76. The van der Waals surface area contributed by atoms with Gasteiger partial charge in [-0.05, 0) is 24.3 Å². The van der Waals surface area contributed by atoms with Crippen LogP contribution < -0.4 is 0 Å². The molecular weight excluding hydrogens is 182 g/mol. The summed E-state index contributed by atoms with van der Waals surface area (Å²) in [6.07, 6.45) is 2.14. The Balaban J connectivity index is 2.49. The molecule has 0 unspecified atom stereocenters. The highest BCUT2D eigenvalue weighted by molar-refractivity contribution is 5.73. The number of aromatic nitrogens is 1. The molecule has 14 heavy (non-hydrogen) atoms. The monoisotopic (exact) mass is 189 g/mol. The molecule has 2 aromatic rings. The van der Waals surface area contributed by atoms with E-state index in [4.69, 9.17) is 4.42 Å². The number of aldehydes is 1. The van der Waals surface area contributed by atoms with Gasteiger partial charge in [-0.25, -0.2) is 4.98 Å². The maximum Gasteiger partial charge on any atom is 0.185 e. The van der Waals surface area contributed by atoms with Gasteiger partial charge in [0, 0.05) is 6.20 Å². The Labute approximate surface area is 79.8 Å². The molecule has 0 aliphatic carbocycles. The van der Waals surface area contributed by atoms with Crippen LogP contribution in [0.4, 0.5) is 0 Å². The van der Waals surface area contributed by atoms with Crippen LogP contribution in [0.1, 0.15) is 10.6 Å². The molecule has 0 aliphatic heterocycles. The molecule has 4 nitrogen and oxygen atoms in total. The van der Waals surface area contributed by atoms with Gasteiger partial charge in [0.2, 0.25) is 0 Å². The van der Waals surface area contributed by atoms with Crippen molar-refractivity contribution in [2.24, 2.45) is 0 Å². The number of furan rings is 1. The van der Waals surface area contributed by atoms with Crippen molar-refractivity contribution in [3.63, 3.8) is 0 Å². The fraction of sp³-hybridized carbons (Fsp3) is 0. The molecule has 70 valence electrons. The minimum atomic E-state index is 0.0271. The van der Waals surface area contributed by atoms with E-state index in [2.05, 4.69) is 4.98 Å². The third-order valence-corrected chi connectivity index (χ3v) is 1.76. The fourth-order valence-electron chi connectivity index (χ4n) is 1.13. The van der Waals surface area contributed by atoms with E-state index in [1.165, 1.54) is 18.3 Å². The number of carbonyl (C=O) groups excluding carboxylic acids is 1. The van der Waals surface area contributed by atoms with E-state index in [9.17, 15) is 9.90 Å². The van der Waals surface area contributed by atoms with Crippen molar-refractivity contribution in [1.29, 1.82) is 0 Å². The zero-order valence-electron chi connectivity index (χ0n) is 7.18. The molecule has 0 saturated carbocycles. The summed E-state index contributed by atoms with van der Waals surface area (Å²) in [5.41, 5.74) is 0.334. The topological polar surface area (TPSA) is 63.3 Å². The van der Waals surface area contributed by atoms with Gasteiger partial charge in [-0.2, -0.15) is 0 Å². The standard InChI is InChI=1S/C10H7NO3/c12-6-7-3-4-9(14-7)10-8(13)2-1-5-11-10/h1-6,13H. The minimum absolute atomic E-state index is 0.0271. The summed E-state index contributed by atoms with van der Waals surface area (Å²) in [6.45, 7) is 0. The normalized spacial score (nSPS) is 10.0. The SMILES string of the molecule is O=Cc1ccc(-c2ncccc2O)o1. The first-order valence-corrected chi connectivity index (χ1v) is 4.00. The number of pyridine rings is 1. The van der Waals surface area contributed by atoms with E-state index in [1.807, 2.05) is 0 Å². The summed E-state index contributed by atoms with van der Waals surface area (Å²) < 4.78 is 5.11. The van der Waals surface area contributed by atoms with Crippen LogP contribution in [0.2, 0.25) is 0 Å². The molecule has 0 spiro atoms. The van der Waals surface area contributed by atoms with Gasteiger partial charge in [0.15, 0.2) is 17.8 Å². The molecule has 0 aliphatic rings. The summed E-state index contributed by atoms with van der Waals surface area (Å²) in [5.74, 6) is 0.620. The zero-order chi connectivity index (χ0) is 9.97. The summed E-state index contributed by atoms with van der Waals surface area (Å²) in [6, 6.07) is 6.23. The Hall–Kier alpha value is -2.10. The summed E-state index contributed by atoms with van der Waals surface area (Å²) in [7, 11) is 0. The van der Waals surface area contributed by atoms with Crippen molar-refractivity contribution in [2.45, 2.75) is 0 Å². The molecule has 2 heterocycles. The number of carbonyl (C=O) groups is 1. The molecule has 4 heteroatoms. The van der Waals surface area contributed by atoms with Crippen molar-refractivity contribution in [3.8, 4) is 17.2 Å². The Morgan fingerprint density at radius 2 is 2.21 bits per heavy atom. The summed E-state index contributed by atoms with van der Waals surface area (Å²) >= 11 is 0. The van der Waals surface area contributed by atoms with Gasteiger partial charge in [0.25, 0.3) is 0 Å². The van der Waals surface area contributed by atoms with E-state index in [0.717, 1.165) is 0 Å². The summed E-state index contributed by atoms with van der Waals surface area (Å²) in [5, 5.41) is 9.44. The van der Waals surface area contributed by atoms with Crippen LogP contribution >= 0.6 is 0 Å².